The highest BCUT2D eigenvalue weighted by Gasteiger charge is 2.38. The Kier molecular flexibility index (Phi) is 6.43. The van der Waals surface area contributed by atoms with E-state index in [1.54, 1.807) is 14.1 Å². The SMILES string of the molecule is CN(C(=O)Oc1ncn(C)n1)C1CCc2c1c(-c1ccccc1)n(C)c2C(=O)Nc1ccc(F)c(Cl)c1. The summed E-state index contributed by atoms with van der Waals surface area (Å²) in [6.07, 6.45) is 2.03. The normalized spacial score (nSPS) is 14.4. The molecule has 37 heavy (non-hydrogen) atoms. The van der Waals surface area contributed by atoms with Gasteiger partial charge in [0.25, 0.3) is 5.91 Å². The van der Waals surface area contributed by atoms with Crippen LogP contribution in [0.25, 0.3) is 11.3 Å². The molecule has 2 aromatic heterocycles. The average Bonchev–Trinajstić information content (AvgIpc) is 3.55. The molecule has 1 atom stereocenters. The van der Waals surface area contributed by atoms with Crippen LogP contribution in [0.3, 0.4) is 0 Å². The second-order valence-electron chi connectivity index (χ2n) is 8.83. The van der Waals surface area contributed by atoms with Gasteiger partial charge in [0.1, 0.15) is 17.8 Å². The maximum Gasteiger partial charge on any atom is 0.417 e. The van der Waals surface area contributed by atoms with E-state index in [-0.39, 0.29) is 23.0 Å². The lowest BCUT2D eigenvalue weighted by Gasteiger charge is -2.25. The van der Waals surface area contributed by atoms with E-state index >= 15 is 0 Å². The molecule has 11 heteroatoms. The van der Waals surface area contributed by atoms with Gasteiger partial charge in [0, 0.05) is 32.4 Å². The number of halogens is 2. The van der Waals surface area contributed by atoms with E-state index < -0.39 is 11.9 Å². The number of amides is 2. The summed E-state index contributed by atoms with van der Waals surface area (Å²) in [6.45, 7) is 0. The highest BCUT2D eigenvalue weighted by atomic mass is 35.5. The Morgan fingerprint density at radius 3 is 2.62 bits per heavy atom. The predicted molar refractivity (Wildman–Crippen MR) is 136 cm³/mol. The number of fused-ring (bicyclic) bond motifs is 1. The molecule has 4 aromatic rings. The van der Waals surface area contributed by atoms with E-state index in [0.717, 1.165) is 22.4 Å². The summed E-state index contributed by atoms with van der Waals surface area (Å²) in [7, 11) is 5.16. The number of carbonyl (C=O) groups is 2. The standard InChI is InChI=1S/C26H24ClFN6O3/c1-32-14-29-25(31-32)37-26(36)33(2)20-12-10-17-21(20)22(15-7-5-4-6-8-15)34(3)23(17)24(35)30-16-9-11-19(28)18(27)13-16/h4-9,11,13-14,20H,10,12H2,1-3H3,(H,30,35). The van der Waals surface area contributed by atoms with E-state index in [2.05, 4.69) is 15.4 Å². The molecule has 1 aliphatic rings. The van der Waals surface area contributed by atoms with Crippen LogP contribution in [0.1, 0.15) is 34.1 Å². The zero-order chi connectivity index (χ0) is 26.3. The van der Waals surface area contributed by atoms with E-state index in [9.17, 15) is 14.0 Å². The van der Waals surface area contributed by atoms with Crippen molar-refractivity contribution in [3.8, 4) is 17.3 Å². The van der Waals surface area contributed by atoms with Gasteiger partial charge in [0.15, 0.2) is 0 Å². The first-order valence-corrected chi connectivity index (χ1v) is 12.0. The maximum absolute atomic E-state index is 13.6. The molecule has 1 unspecified atom stereocenters. The number of anilines is 1. The highest BCUT2D eigenvalue weighted by molar-refractivity contribution is 6.31. The van der Waals surface area contributed by atoms with Crippen molar-refractivity contribution in [2.75, 3.05) is 12.4 Å². The van der Waals surface area contributed by atoms with Crippen molar-refractivity contribution in [1.29, 1.82) is 0 Å². The molecular weight excluding hydrogens is 499 g/mol. The van der Waals surface area contributed by atoms with Crippen molar-refractivity contribution < 1.29 is 18.7 Å². The second kappa shape index (κ2) is 9.70. The second-order valence-corrected chi connectivity index (χ2v) is 9.24. The minimum atomic E-state index is -0.598. The van der Waals surface area contributed by atoms with Gasteiger partial charge in [-0.25, -0.2) is 9.18 Å². The molecule has 1 N–H and O–H groups in total. The van der Waals surface area contributed by atoms with Gasteiger partial charge in [-0.1, -0.05) is 41.9 Å². The third kappa shape index (κ3) is 4.55. The summed E-state index contributed by atoms with van der Waals surface area (Å²) in [5, 5.41) is 6.76. The number of carbonyl (C=O) groups excluding carboxylic acids is 2. The zero-order valence-corrected chi connectivity index (χ0v) is 21.2. The lowest BCUT2D eigenvalue weighted by Crippen LogP contribution is -2.33. The van der Waals surface area contributed by atoms with Crippen molar-refractivity contribution >= 4 is 29.3 Å². The quantitative estimate of drug-likeness (QED) is 0.399. The fraction of sp³-hybridized carbons (Fsp3) is 0.231. The average molecular weight is 523 g/mol. The number of hydrogen-bond donors (Lipinski definition) is 1. The molecule has 2 heterocycles. The van der Waals surface area contributed by atoms with Gasteiger partial charge in [0.05, 0.1) is 16.8 Å². The van der Waals surface area contributed by atoms with E-state index in [0.29, 0.717) is 24.2 Å². The van der Waals surface area contributed by atoms with Gasteiger partial charge in [-0.3, -0.25) is 9.48 Å². The van der Waals surface area contributed by atoms with Crippen LogP contribution in [-0.4, -0.2) is 43.3 Å². The maximum atomic E-state index is 13.6. The van der Waals surface area contributed by atoms with Crippen molar-refractivity contribution in [2.45, 2.75) is 18.9 Å². The third-order valence-corrected chi connectivity index (χ3v) is 6.78. The number of aromatic nitrogens is 4. The number of benzene rings is 2. The van der Waals surface area contributed by atoms with Gasteiger partial charge in [-0.2, -0.15) is 4.98 Å². The van der Waals surface area contributed by atoms with Crippen LogP contribution >= 0.6 is 11.6 Å². The Morgan fingerprint density at radius 1 is 1.19 bits per heavy atom. The van der Waals surface area contributed by atoms with Gasteiger partial charge >= 0.3 is 12.1 Å². The van der Waals surface area contributed by atoms with E-state index in [1.807, 2.05) is 41.9 Å². The first kappa shape index (κ1) is 24.5. The number of hydrogen-bond acceptors (Lipinski definition) is 5. The van der Waals surface area contributed by atoms with E-state index in [4.69, 9.17) is 16.3 Å². The van der Waals surface area contributed by atoms with Crippen LogP contribution in [0, 0.1) is 5.82 Å². The van der Waals surface area contributed by atoms with Gasteiger partial charge in [-0.05, 0) is 42.2 Å². The van der Waals surface area contributed by atoms with Gasteiger partial charge in [0.2, 0.25) is 0 Å². The van der Waals surface area contributed by atoms with E-state index in [1.165, 1.54) is 34.1 Å². The summed E-state index contributed by atoms with van der Waals surface area (Å²) in [5.41, 5.74) is 4.30. The summed E-state index contributed by atoms with van der Waals surface area (Å²) < 4.78 is 22.3. The first-order valence-electron chi connectivity index (χ1n) is 11.6. The van der Waals surface area contributed by atoms with Crippen LogP contribution in [-0.2, 0) is 20.5 Å². The Bertz CT molecular complexity index is 1500. The molecule has 0 saturated heterocycles. The molecule has 0 spiro atoms. The Morgan fingerprint density at radius 2 is 1.95 bits per heavy atom. The van der Waals surface area contributed by atoms with Crippen molar-refractivity contribution in [3.05, 3.63) is 82.5 Å². The molecule has 0 fully saturated rings. The van der Waals surface area contributed by atoms with Crippen LogP contribution in [0.4, 0.5) is 14.9 Å². The lowest BCUT2D eigenvalue weighted by atomic mass is 10.0. The molecule has 9 nitrogen and oxygen atoms in total. The Hall–Kier alpha value is -4.18. The van der Waals surface area contributed by atoms with Crippen LogP contribution in [0.5, 0.6) is 6.01 Å². The fourth-order valence-electron chi connectivity index (χ4n) is 4.83. The number of nitrogens with zero attached hydrogens (tertiary/aromatic N) is 5. The minimum absolute atomic E-state index is 0.0352. The number of rotatable bonds is 5. The number of nitrogens with one attached hydrogen (secondary N) is 1. The molecular formula is C26H24ClFN6O3. The highest BCUT2D eigenvalue weighted by Crippen LogP contribution is 2.45. The largest absolute Gasteiger partial charge is 0.417 e. The minimum Gasteiger partial charge on any atom is -0.373 e. The fourth-order valence-corrected chi connectivity index (χ4v) is 5.01. The molecule has 0 bridgehead atoms. The molecule has 1 aliphatic carbocycles. The monoisotopic (exact) mass is 522 g/mol. The van der Waals surface area contributed by atoms with Gasteiger partial charge < -0.3 is 19.5 Å². The molecule has 2 amide bonds. The number of ether oxygens (including phenoxy) is 1. The third-order valence-electron chi connectivity index (χ3n) is 6.49. The smallest absolute Gasteiger partial charge is 0.373 e. The molecule has 190 valence electrons. The summed E-state index contributed by atoms with van der Waals surface area (Å²) >= 11 is 5.90. The zero-order valence-electron chi connectivity index (χ0n) is 20.4. The van der Waals surface area contributed by atoms with Crippen molar-refractivity contribution in [3.63, 3.8) is 0 Å². The first-order chi connectivity index (χ1) is 17.7. The molecule has 0 radical (unpaired) electrons. The predicted octanol–water partition coefficient (Wildman–Crippen LogP) is 4.98. The molecule has 0 aliphatic heterocycles. The van der Waals surface area contributed by atoms with Crippen LogP contribution in [0.15, 0.2) is 54.9 Å². The van der Waals surface area contributed by atoms with Crippen molar-refractivity contribution in [2.24, 2.45) is 14.1 Å². The summed E-state index contributed by atoms with van der Waals surface area (Å²) in [4.78, 5) is 31.9. The Labute approximate surface area is 217 Å². The number of aryl methyl sites for hydroxylation is 1. The molecule has 0 saturated carbocycles. The van der Waals surface area contributed by atoms with Crippen LogP contribution < -0.4 is 10.1 Å². The lowest BCUT2D eigenvalue weighted by molar-refractivity contribution is 0.101. The van der Waals surface area contributed by atoms with Crippen LogP contribution in [0.2, 0.25) is 5.02 Å². The molecule has 2 aromatic carbocycles. The Balaban J connectivity index is 1.53. The summed E-state index contributed by atoms with van der Waals surface area (Å²) in [5.74, 6) is -0.920. The molecule has 5 rings (SSSR count). The topological polar surface area (TPSA) is 94.3 Å². The van der Waals surface area contributed by atoms with Crippen molar-refractivity contribution in [1.82, 2.24) is 24.2 Å². The summed E-state index contributed by atoms with van der Waals surface area (Å²) in [6, 6.07) is 13.3. The van der Waals surface area contributed by atoms with Gasteiger partial charge in [-0.15, -0.1) is 5.10 Å².